The Morgan fingerprint density at radius 1 is 1.20 bits per heavy atom. The second-order valence-electron chi connectivity index (χ2n) is 4.69. The number of ether oxygens (including phenoxy) is 1. The molecule has 0 amide bonds. The van der Waals surface area contributed by atoms with Gasteiger partial charge >= 0.3 is 0 Å². The van der Waals surface area contributed by atoms with Crippen LogP contribution >= 0.6 is 27.7 Å². The number of rotatable bonds is 5. The molecule has 2 N–H and O–H groups in total. The van der Waals surface area contributed by atoms with Gasteiger partial charge in [0, 0.05) is 15.4 Å². The SMILES string of the molecule is COc1ccccc1Sc1ccc(Br)cc1CC(C)N. The van der Waals surface area contributed by atoms with Crippen LogP contribution in [0, 0.1) is 0 Å². The maximum Gasteiger partial charge on any atom is 0.132 e. The van der Waals surface area contributed by atoms with Crippen molar-refractivity contribution < 1.29 is 4.74 Å². The third-order valence-corrected chi connectivity index (χ3v) is 4.52. The minimum Gasteiger partial charge on any atom is -0.496 e. The van der Waals surface area contributed by atoms with Gasteiger partial charge in [-0.3, -0.25) is 0 Å². The summed E-state index contributed by atoms with van der Waals surface area (Å²) in [7, 11) is 1.70. The van der Waals surface area contributed by atoms with E-state index in [1.807, 2.05) is 25.1 Å². The summed E-state index contributed by atoms with van der Waals surface area (Å²) in [5.41, 5.74) is 7.20. The zero-order chi connectivity index (χ0) is 14.5. The Hall–Kier alpha value is -0.970. The average Bonchev–Trinajstić information content (AvgIpc) is 2.42. The first-order valence-corrected chi connectivity index (χ1v) is 8.06. The first kappa shape index (κ1) is 15.4. The Balaban J connectivity index is 2.33. The smallest absolute Gasteiger partial charge is 0.132 e. The molecular weight excluding hydrogens is 334 g/mol. The predicted molar refractivity (Wildman–Crippen MR) is 88.6 cm³/mol. The summed E-state index contributed by atoms with van der Waals surface area (Å²) in [6.07, 6.45) is 0.858. The molecule has 106 valence electrons. The van der Waals surface area contributed by atoms with Crippen molar-refractivity contribution >= 4 is 27.7 Å². The summed E-state index contributed by atoms with van der Waals surface area (Å²) in [6.45, 7) is 2.03. The molecule has 0 aromatic heterocycles. The molecule has 0 saturated heterocycles. The number of nitrogens with two attached hydrogens (primary N) is 1. The van der Waals surface area contributed by atoms with Crippen LogP contribution in [0.25, 0.3) is 0 Å². The van der Waals surface area contributed by atoms with Crippen LogP contribution in [-0.4, -0.2) is 13.2 Å². The fourth-order valence-electron chi connectivity index (χ4n) is 1.98. The van der Waals surface area contributed by atoms with Crippen molar-refractivity contribution in [1.82, 2.24) is 0 Å². The lowest BCUT2D eigenvalue weighted by atomic mass is 10.1. The Kier molecular flexibility index (Phi) is 5.52. The summed E-state index contributed by atoms with van der Waals surface area (Å²) >= 11 is 5.24. The standard InChI is InChI=1S/C16H18BrNOS/c1-11(18)9-12-10-13(17)7-8-15(12)20-16-6-4-3-5-14(16)19-2/h3-8,10-11H,9,18H2,1-2H3. The lowest BCUT2D eigenvalue weighted by Crippen LogP contribution is -2.18. The van der Waals surface area contributed by atoms with Gasteiger partial charge in [0.15, 0.2) is 0 Å². The van der Waals surface area contributed by atoms with Crippen molar-refractivity contribution in [3.05, 3.63) is 52.5 Å². The molecule has 0 radical (unpaired) electrons. The van der Waals surface area contributed by atoms with E-state index in [1.165, 1.54) is 10.5 Å². The molecule has 0 aliphatic carbocycles. The fourth-order valence-corrected chi connectivity index (χ4v) is 3.43. The predicted octanol–water partition coefficient (Wildman–Crippen LogP) is 4.50. The summed E-state index contributed by atoms with van der Waals surface area (Å²) < 4.78 is 6.49. The number of benzene rings is 2. The highest BCUT2D eigenvalue weighted by atomic mass is 79.9. The highest BCUT2D eigenvalue weighted by Crippen LogP contribution is 2.37. The van der Waals surface area contributed by atoms with Gasteiger partial charge in [0.1, 0.15) is 5.75 Å². The number of hydrogen-bond donors (Lipinski definition) is 1. The van der Waals surface area contributed by atoms with Crippen LogP contribution in [0.2, 0.25) is 0 Å². The lowest BCUT2D eigenvalue weighted by Gasteiger charge is -2.13. The number of hydrogen-bond acceptors (Lipinski definition) is 3. The molecule has 2 aromatic carbocycles. The molecule has 20 heavy (non-hydrogen) atoms. The number of para-hydroxylation sites is 1. The lowest BCUT2D eigenvalue weighted by molar-refractivity contribution is 0.405. The highest BCUT2D eigenvalue weighted by molar-refractivity contribution is 9.10. The van der Waals surface area contributed by atoms with E-state index in [2.05, 4.69) is 40.2 Å². The van der Waals surface area contributed by atoms with Crippen molar-refractivity contribution in [2.75, 3.05) is 7.11 Å². The van der Waals surface area contributed by atoms with Crippen LogP contribution < -0.4 is 10.5 Å². The number of methoxy groups -OCH3 is 1. The van der Waals surface area contributed by atoms with Gasteiger partial charge in [0.2, 0.25) is 0 Å². The molecule has 4 heteroatoms. The first-order valence-electron chi connectivity index (χ1n) is 6.45. The van der Waals surface area contributed by atoms with E-state index < -0.39 is 0 Å². The Morgan fingerprint density at radius 3 is 2.65 bits per heavy atom. The van der Waals surface area contributed by atoms with Crippen molar-refractivity contribution in [2.24, 2.45) is 5.73 Å². The van der Waals surface area contributed by atoms with Gasteiger partial charge in [-0.05, 0) is 49.2 Å². The van der Waals surface area contributed by atoms with Gasteiger partial charge in [-0.1, -0.05) is 39.8 Å². The molecule has 0 fully saturated rings. The molecule has 2 rings (SSSR count). The maximum atomic E-state index is 5.94. The van der Waals surface area contributed by atoms with Crippen LogP contribution in [-0.2, 0) is 6.42 Å². The van der Waals surface area contributed by atoms with Crippen LogP contribution in [0.1, 0.15) is 12.5 Å². The first-order chi connectivity index (χ1) is 9.60. The zero-order valence-electron chi connectivity index (χ0n) is 11.6. The molecule has 2 aromatic rings. The molecule has 0 spiro atoms. The summed E-state index contributed by atoms with van der Waals surface area (Å²) in [6, 6.07) is 14.5. The molecule has 0 bridgehead atoms. The van der Waals surface area contributed by atoms with E-state index in [4.69, 9.17) is 10.5 Å². The molecule has 0 aliphatic heterocycles. The number of halogens is 1. The van der Waals surface area contributed by atoms with E-state index in [9.17, 15) is 0 Å². The largest absolute Gasteiger partial charge is 0.496 e. The van der Waals surface area contributed by atoms with Gasteiger partial charge < -0.3 is 10.5 Å². The molecule has 0 heterocycles. The summed E-state index contributed by atoms with van der Waals surface area (Å²) in [5.74, 6) is 0.896. The summed E-state index contributed by atoms with van der Waals surface area (Å²) in [4.78, 5) is 2.33. The fraction of sp³-hybridized carbons (Fsp3) is 0.250. The van der Waals surface area contributed by atoms with E-state index in [1.54, 1.807) is 18.9 Å². The van der Waals surface area contributed by atoms with Crippen molar-refractivity contribution in [3.63, 3.8) is 0 Å². The summed E-state index contributed by atoms with van der Waals surface area (Å²) in [5, 5.41) is 0. The van der Waals surface area contributed by atoms with Gasteiger partial charge in [0.25, 0.3) is 0 Å². The molecule has 2 nitrogen and oxygen atoms in total. The van der Waals surface area contributed by atoms with Crippen LogP contribution in [0.5, 0.6) is 5.75 Å². The molecule has 0 aliphatic rings. The normalized spacial score (nSPS) is 12.2. The van der Waals surface area contributed by atoms with Crippen LogP contribution in [0.4, 0.5) is 0 Å². The van der Waals surface area contributed by atoms with Gasteiger partial charge in [-0.25, -0.2) is 0 Å². The highest BCUT2D eigenvalue weighted by Gasteiger charge is 2.10. The third kappa shape index (κ3) is 4.01. The third-order valence-electron chi connectivity index (χ3n) is 2.85. The maximum absolute atomic E-state index is 5.94. The Bertz CT molecular complexity index is 586. The second-order valence-corrected chi connectivity index (χ2v) is 6.69. The zero-order valence-corrected chi connectivity index (χ0v) is 14.0. The molecule has 0 saturated carbocycles. The van der Waals surface area contributed by atoms with Gasteiger partial charge in [-0.2, -0.15) is 0 Å². The monoisotopic (exact) mass is 351 g/mol. The molecule has 1 atom stereocenters. The van der Waals surface area contributed by atoms with Crippen LogP contribution in [0.3, 0.4) is 0 Å². The molecule has 1 unspecified atom stereocenters. The van der Waals surface area contributed by atoms with E-state index in [0.717, 1.165) is 21.5 Å². The second kappa shape index (κ2) is 7.16. The van der Waals surface area contributed by atoms with Gasteiger partial charge in [0.05, 0.1) is 12.0 Å². The Morgan fingerprint density at radius 2 is 1.95 bits per heavy atom. The minimum atomic E-state index is 0.140. The molecular formula is C16H18BrNOS. The average molecular weight is 352 g/mol. The van der Waals surface area contributed by atoms with E-state index >= 15 is 0 Å². The van der Waals surface area contributed by atoms with E-state index in [-0.39, 0.29) is 6.04 Å². The van der Waals surface area contributed by atoms with Gasteiger partial charge in [-0.15, -0.1) is 0 Å². The topological polar surface area (TPSA) is 35.2 Å². The Labute approximate surface area is 132 Å². The van der Waals surface area contributed by atoms with Crippen molar-refractivity contribution in [1.29, 1.82) is 0 Å². The van der Waals surface area contributed by atoms with E-state index in [0.29, 0.717) is 0 Å². The quantitative estimate of drug-likeness (QED) is 0.861. The minimum absolute atomic E-state index is 0.140. The van der Waals surface area contributed by atoms with Crippen LogP contribution in [0.15, 0.2) is 56.7 Å². The van der Waals surface area contributed by atoms with Crippen molar-refractivity contribution in [3.8, 4) is 5.75 Å². The van der Waals surface area contributed by atoms with Crippen molar-refractivity contribution in [2.45, 2.75) is 29.2 Å².